The largest absolute Gasteiger partial charge is 0.195 e. The molecule has 3 aromatic carbocycles. The van der Waals surface area contributed by atoms with E-state index in [-0.39, 0.29) is 0 Å². The van der Waals surface area contributed by atoms with Gasteiger partial charge in [0.2, 0.25) is 0 Å². The summed E-state index contributed by atoms with van der Waals surface area (Å²) in [6.07, 6.45) is 3.77. The van der Waals surface area contributed by atoms with E-state index >= 15 is 0 Å². The highest BCUT2D eigenvalue weighted by molar-refractivity contribution is 7.78. The molecule has 0 saturated heterocycles. The molecule has 0 radical (unpaired) electrons. The van der Waals surface area contributed by atoms with Crippen LogP contribution in [0.5, 0.6) is 0 Å². The van der Waals surface area contributed by atoms with Crippen molar-refractivity contribution in [2.75, 3.05) is 0 Å². The minimum absolute atomic E-state index is 0.813. The maximum absolute atomic E-state index is 4.70. The van der Waals surface area contributed by atoms with E-state index < -0.39 is 0 Å². The maximum atomic E-state index is 4.70. The Labute approximate surface area is 211 Å². The Kier molecular flexibility index (Phi) is 7.40. The molecule has 0 aromatic heterocycles. The monoisotopic (exact) mass is 493 g/mol. The second-order valence-electron chi connectivity index (χ2n) is 8.96. The Hall–Kier alpha value is -2.77. The number of fused-ring (bicyclic) bond motifs is 1. The van der Waals surface area contributed by atoms with Crippen molar-refractivity contribution in [3.05, 3.63) is 81.9 Å². The van der Waals surface area contributed by atoms with Gasteiger partial charge in [0.1, 0.15) is 0 Å². The molecule has 0 bridgehead atoms. The minimum atomic E-state index is 0.813. The zero-order chi connectivity index (χ0) is 23.4. The molecular weight excluding hydrogens is 467 g/mol. The van der Waals surface area contributed by atoms with Crippen molar-refractivity contribution in [1.82, 2.24) is 0 Å². The molecule has 4 rings (SSSR count). The number of hydrogen-bond donors (Lipinski definition) is 0. The lowest BCUT2D eigenvalue weighted by atomic mass is 9.84. The summed E-state index contributed by atoms with van der Waals surface area (Å²) in [7, 11) is 3.01. The van der Waals surface area contributed by atoms with Crippen LogP contribution in [0.15, 0.2) is 53.5 Å². The number of thiocarbonyl (C=S) groups is 1. The van der Waals surface area contributed by atoms with Crippen LogP contribution in [0.25, 0.3) is 0 Å². The lowest BCUT2D eigenvalue weighted by molar-refractivity contribution is 0.503. The highest BCUT2D eigenvalue weighted by Crippen LogP contribution is 2.23. The number of hydrogen-bond acceptors (Lipinski definition) is 2. The van der Waals surface area contributed by atoms with Crippen LogP contribution < -0.4 is 15.6 Å². The molecule has 33 heavy (non-hydrogen) atoms. The zero-order valence-electron chi connectivity index (χ0n) is 19.7. The number of benzene rings is 3. The molecular formula is C28H27NSSi3. The van der Waals surface area contributed by atoms with Crippen LogP contribution in [-0.4, -0.2) is 35.9 Å². The summed E-state index contributed by atoms with van der Waals surface area (Å²) in [6.45, 7) is 2.38. The molecule has 0 amide bonds. The van der Waals surface area contributed by atoms with E-state index in [0.717, 1.165) is 59.0 Å². The van der Waals surface area contributed by atoms with Crippen molar-refractivity contribution >= 4 is 69.4 Å². The lowest BCUT2D eigenvalue weighted by Crippen LogP contribution is -2.30. The first kappa shape index (κ1) is 23.4. The van der Waals surface area contributed by atoms with Crippen molar-refractivity contribution < 1.29 is 0 Å². The van der Waals surface area contributed by atoms with Crippen LogP contribution in [0, 0.1) is 29.6 Å². The molecule has 1 nitrogen and oxygen atoms in total. The molecule has 1 atom stereocenters. The van der Waals surface area contributed by atoms with Crippen LogP contribution in [0.4, 0.5) is 5.69 Å². The van der Waals surface area contributed by atoms with E-state index in [1.165, 1.54) is 35.2 Å². The van der Waals surface area contributed by atoms with Gasteiger partial charge in [-0.3, -0.25) is 0 Å². The second-order valence-corrected chi connectivity index (χ2v) is 12.3. The number of aliphatic imine (C=N–C) groups is 1. The summed E-state index contributed by atoms with van der Waals surface area (Å²) in [5, 5.41) is 6.62. The van der Waals surface area contributed by atoms with E-state index in [1.807, 2.05) is 12.1 Å². The van der Waals surface area contributed by atoms with Gasteiger partial charge in [-0.05, 0) is 96.2 Å². The molecule has 5 heteroatoms. The van der Waals surface area contributed by atoms with Gasteiger partial charge in [-0.1, -0.05) is 47.0 Å². The van der Waals surface area contributed by atoms with Gasteiger partial charge in [0.25, 0.3) is 0 Å². The molecule has 0 heterocycles. The van der Waals surface area contributed by atoms with Crippen LogP contribution in [0.1, 0.15) is 46.7 Å². The normalized spacial score (nSPS) is 14.4. The van der Waals surface area contributed by atoms with Crippen molar-refractivity contribution in [3.63, 3.8) is 0 Å². The lowest BCUT2D eigenvalue weighted by Gasteiger charge is -2.25. The summed E-state index contributed by atoms with van der Waals surface area (Å²) < 4.78 is 0. The first-order valence-electron chi connectivity index (χ1n) is 11.4. The van der Waals surface area contributed by atoms with Crippen molar-refractivity contribution in [2.24, 2.45) is 10.9 Å². The van der Waals surface area contributed by atoms with Gasteiger partial charge >= 0.3 is 0 Å². The molecule has 0 fully saturated rings. The van der Waals surface area contributed by atoms with Gasteiger partial charge in [-0.15, -0.1) is 0 Å². The maximum Gasteiger partial charge on any atom is 0.0722 e. The Morgan fingerprint density at radius 3 is 2.15 bits per heavy atom. The molecule has 3 aromatic rings. The molecule has 1 aliphatic carbocycles. The third kappa shape index (κ3) is 5.60. The average molecular weight is 494 g/mol. The molecule has 0 N–H and O–H groups in total. The fraction of sp³-hybridized carbons (Fsp3) is 0.179. The van der Waals surface area contributed by atoms with E-state index in [2.05, 4.69) is 77.2 Å². The molecule has 0 spiro atoms. The first-order valence-corrected chi connectivity index (χ1v) is 14.8. The van der Waals surface area contributed by atoms with Crippen molar-refractivity contribution in [2.45, 2.75) is 26.2 Å². The summed E-state index contributed by atoms with van der Waals surface area (Å²) >= 11 is 4.70. The van der Waals surface area contributed by atoms with E-state index in [1.54, 1.807) is 16.3 Å². The van der Waals surface area contributed by atoms with Crippen LogP contribution in [-0.2, 0) is 12.8 Å². The standard InChI is InChI=1S/C28H27NSSi3/c1-18-2-11-23-22(14-18)16-26(31)24(28(23)33)12-9-20-5-3-19(4-6-20)7-8-21-10-13-25(29-17-30)27(32)15-21/h3-6,10,13,15-16,18H,2,11,14H2,1,31-33H3. The Morgan fingerprint density at radius 2 is 1.48 bits per heavy atom. The topological polar surface area (TPSA) is 12.4 Å². The van der Waals surface area contributed by atoms with Gasteiger partial charge in [-0.25, -0.2) is 0 Å². The van der Waals surface area contributed by atoms with Crippen LogP contribution in [0.3, 0.4) is 0 Å². The minimum Gasteiger partial charge on any atom is -0.195 e. The molecule has 1 unspecified atom stereocenters. The number of isothiocyanates is 1. The molecule has 1 aliphatic rings. The highest BCUT2D eigenvalue weighted by Gasteiger charge is 2.19. The molecule has 0 saturated carbocycles. The number of nitrogens with zero attached hydrogens (tertiary/aromatic N) is 1. The summed E-state index contributed by atoms with van der Waals surface area (Å²) in [4.78, 5) is 4.09. The van der Waals surface area contributed by atoms with Gasteiger partial charge < -0.3 is 0 Å². The second kappa shape index (κ2) is 10.4. The summed E-state index contributed by atoms with van der Waals surface area (Å²) in [5.41, 5.74) is 8.43. The van der Waals surface area contributed by atoms with Gasteiger partial charge in [-0.2, -0.15) is 4.99 Å². The third-order valence-electron chi connectivity index (χ3n) is 6.39. The molecule has 0 aliphatic heterocycles. The fourth-order valence-electron chi connectivity index (χ4n) is 4.52. The van der Waals surface area contributed by atoms with Crippen molar-refractivity contribution in [1.29, 1.82) is 0 Å². The smallest absolute Gasteiger partial charge is 0.0722 e. The Balaban J connectivity index is 1.53. The first-order chi connectivity index (χ1) is 15.9. The quantitative estimate of drug-likeness (QED) is 0.206. The predicted octanol–water partition coefficient (Wildman–Crippen LogP) is 0.317. The average Bonchev–Trinajstić information content (AvgIpc) is 2.80. The van der Waals surface area contributed by atoms with Crippen LogP contribution >= 0.6 is 12.2 Å². The highest BCUT2D eigenvalue weighted by atomic mass is 32.1. The summed E-state index contributed by atoms with van der Waals surface area (Å²) in [5.74, 6) is 14.3. The van der Waals surface area contributed by atoms with Gasteiger partial charge in [0, 0.05) is 53.0 Å². The van der Waals surface area contributed by atoms with Gasteiger partial charge in [0.15, 0.2) is 0 Å². The Bertz CT molecular complexity index is 1400. The fourth-order valence-corrected chi connectivity index (χ4v) is 7.65. The van der Waals surface area contributed by atoms with E-state index in [0.29, 0.717) is 0 Å². The molecule has 162 valence electrons. The Morgan fingerprint density at radius 1 is 0.848 bits per heavy atom. The third-order valence-corrected chi connectivity index (χ3v) is 9.17. The SMILES string of the molecule is CC1CCc2c(cc([SiH3])c(C#Cc3ccc(C#Cc4ccc(N=C=S)c([SiH3])c4)cc3)c2[SiH3])C1. The van der Waals surface area contributed by atoms with E-state index in [4.69, 9.17) is 12.2 Å². The number of rotatable bonds is 1. The van der Waals surface area contributed by atoms with Crippen molar-refractivity contribution in [3.8, 4) is 23.7 Å². The summed E-state index contributed by atoms with van der Waals surface area (Å²) in [6, 6.07) is 16.7. The predicted molar refractivity (Wildman–Crippen MR) is 156 cm³/mol. The zero-order valence-corrected chi connectivity index (χ0v) is 26.5. The van der Waals surface area contributed by atoms with Gasteiger partial charge in [0.05, 0.1) is 10.8 Å². The van der Waals surface area contributed by atoms with E-state index in [9.17, 15) is 0 Å². The van der Waals surface area contributed by atoms with Crippen LogP contribution in [0.2, 0.25) is 0 Å².